The fourth-order valence-corrected chi connectivity index (χ4v) is 1.49. The van der Waals surface area contributed by atoms with Crippen LogP contribution in [0.15, 0.2) is 18.2 Å². The molecule has 20 heavy (non-hydrogen) atoms. The van der Waals surface area contributed by atoms with Crippen LogP contribution in [0.4, 0.5) is 14.5 Å². The Balaban J connectivity index is 0.00000361. The summed E-state index contributed by atoms with van der Waals surface area (Å²) in [5.41, 5.74) is 6.00. The molecule has 0 saturated heterocycles. The summed E-state index contributed by atoms with van der Waals surface area (Å²) in [7, 11) is 0. The molecule has 1 rings (SSSR count). The van der Waals surface area contributed by atoms with Gasteiger partial charge in [-0.2, -0.15) is 8.78 Å². The number of carbonyl (C=O) groups excluding carboxylic acids is 1. The van der Waals surface area contributed by atoms with Gasteiger partial charge in [0.2, 0.25) is 5.91 Å². The summed E-state index contributed by atoms with van der Waals surface area (Å²) in [6.45, 7) is 0.461. The van der Waals surface area contributed by atoms with E-state index in [-0.39, 0.29) is 41.0 Å². The van der Waals surface area contributed by atoms with Crippen LogP contribution in [0.25, 0.3) is 0 Å². The minimum absolute atomic E-state index is 0. The Hall–Kier alpha value is -1.11. The van der Waals surface area contributed by atoms with Crippen molar-refractivity contribution < 1.29 is 18.3 Å². The molecule has 0 aliphatic carbocycles. The number of hydrogen-bond acceptors (Lipinski definition) is 3. The van der Waals surface area contributed by atoms with Gasteiger partial charge in [-0.05, 0) is 25.1 Å². The predicted molar refractivity (Wildman–Crippen MR) is 76.8 cm³/mol. The van der Waals surface area contributed by atoms with Crippen LogP contribution < -0.4 is 15.8 Å². The number of benzene rings is 1. The molecule has 8 heteroatoms. The molecule has 3 N–H and O–H groups in total. The normalized spacial score (nSPS) is 13.3. The van der Waals surface area contributed by atoms with Gasteiger partial charge in [0.25, 0.3) is 0 Å². The van der Waals surface area contributed by atoms with Gasteiger partial charge in [-0.3, -0.25) is 4.79 Å². The van der Waals surface area contributed by atoms with Crippen LogP contribution in [0.5, 0.6) is 5.75 Å². The average molecular weight is 329 g/mol. The van der Waals surface area contributed by atoms with Crippen molar-refractivity contribution in [1.29, 1.82) is 0 Å². The number of halogens is 4. The molecule has 0 aromatic heterocycles. The summed E-state index contributed by atoms with van der Waals surface area (Å²) in [6.07, 6.45) is 0. The lowest BCUT2D eigenvalue weighted by atomic mass is 10.0. The monoisotopic (exact) mass is 328 g/mol. The number of alkyl halides is 2. The fraction of sp³-hybridized carbons (Fsp3) is 0.417. The number of carbonyl (C=O) groups is 1. The summed E-state index contributed by atoms with van der Waals surface area (Å²) >= 11 is 5.76. The van der Waals surface area contributed by atoms with Gasteiger partial charge < -0.3 is 15.8 Å². The second kappa shape index (κ2) is 8.24. The molecule has 1 aromatic rings. The lowest BCUT2D eigenvalue weighted by Crippen LogP contribution is -2.34. The third kappa shape index (κ3) is 5.48. The Morgan fingerprint density at radius 2 is 2.00 bits per heavy atom. The van der Waals surface area contributed by atoms with Crippen LogP contribution >= 0.6 is 24.0 Å². The van der Waals surface area contributed by atoms with E-state index < -0.39 is 6.61 Å². The van der Waals surface area contributed by atoms with Crippen molar-refractivity contribution in [3.63, 3.8) is 0 Å². The van der Waals surface area contributed by atoms with E-state index in [0.717, 1.165) is 0 Å². The van der Waals surface area contributed by atoms with Gasteiger partial charge in [0.1, 0.15) is 5.75 Å². The SMILES string of the molecule is CC(N)C(C)C(=O)Nc1ccc(OC(F)F)c(Cl)c1.Cl. The molecule has 0 heterocycles. The third-order valence-corrected chi connectivity index (χ3v) is 2.91. The highest BCUT2D eigenvalue weighted by Gasteiger charge is 2.17. The van der Waals surface area contributed by atoms with Crippen LogP contribution in [-0.2, 0) is 4.79 Å². The highest BCUT2D eigenvalue weighted by Crippen LogP contribution is 2.29. The highest BCUT2D eigenvalue weighted by atomic mass is 35.5. The van der Waals surface area contributed by atoms with E-state index in [9.17, 15) is 13.6 Å². The van der Waals surface area contributed by atoms with E-state index >= 15 is 0 Å². The molecular formula is C12H16Cl2F2N2O2. The quantitative estimate of drug-likeness (QED) is 0.871. The third-order valence-electron chi connectivity index (χ3n) is 2.62. The molecule has 1 amide bonds. The van der Waals surface area contributed by atoms with Crippen molar-refractivity contribution in [3.05, 3.63) is 23.2 Å². The van der Waals surface area contributed by atoms with Crippen molar-refractivity contribution in [1.82, 2.24) is 0 Å². The number of amides is 1. The van der Waals surface area contributed by atoms with Crippen molar-refractivity contribution in [2.24, 2.45) is 11.7 Å². The van der Waals surface area contributed by atoms with E-state index in [0.29, 0.717) is 5.69 Å². The standard InChI is InChI=1S/C12H15ClF2N2O2.ClH/c1-6(7(2)16)11(18)17-8-3-4-10(9(13)5-8)19-12(14)15;/h3-7,12H,16H2,1-2H3,(H,17,18);1H. The number of nitrogens with two attached hydrogens (primary N) is 1. The first-order valence-electron chi connectivity index (χ1n) is 5.62. The lowest BCUT2D eigenvalue weighted by Gasteiger charge is -2.16. The van der Waals surface area contributed by atoms with E-state index in [1.54, 1.807) is 13.8 Å². The van der Waals surface area contributed by atoms with Gasteiger partial charge in [-0.25, -0.2) is 0 Å². The number of anilines is 1. The average Bonchev–Trinajstić information content (AvgIpc) is 2.31. The highest BCUT2D eigenvalue weighted by molar-refractivity contribution is 6.32. The van der Waals surface area contributed by atoms with Gasteiger partial charge in [-0.15, -0.1) is 12.4 Å². The van der Waals surface area contributed by atoms with E-state index in [2.05, 4.69) is 10.1 Å². The molecule has 0 radical (unpaired) electrons. The zero-order valence-corrected chi connectivity index (χ0v) is 12.5. The first-order valence-corrected chi connectivity index (χ1v) is 6.00. The van der Waals surface area contributed by atoms with Crippen molar-refractivity contribution in [3.8, 4) is 5.75 Å². The number of hydrogen-bond donors (Lipinski definition) is 2. The first-order chi connectivity index (χ1) is 8.81. The predicted octanol–water partition coefficient (Wildman–Crippen LogP) is 3.29. The second-order valence-corrected chi connectivity index (χ2v) is 4.57. The minimum atomic E-state index is -2.95. The molecule has 0 fully saturated rings. The maximum Gasteiger partial charge on any atom is 0.387 e. The van der Waals surface area contributed by atoms with Crippen LogP contribution in [0.3, 0.4) is 0 Å². The smallest absolute Gasteiger partial charge is 0.387 e. The van der Waals surface area contributed by atoms with E-state index in [4.69, 9.17) is 17.3 Å². The van der Waals surface area contributed by atoms with Gasteiger partial charge in [0.05, 0.1) is 10.9 Å². The fourth-order valence-electron chi connectivity index (χ4n) is 1.27. The lowest BCUT2D eigenvalue weighted by molar-refractivity contribution is -0.119. The van der Waals surface area contributed by atoms with E-state index in [1.165, 1.54) is 18.2 Å². The zero-order valence-electron chi connectivity index (χ0n) is 10.9. The van der Waals surface area contributed by atoms with Crippen molar-refractivity contribution in [2.75, 3.05) is 5.32 Å². The van der Waals surface area contributed by atoms with Gasteiger partial charge in [-0.1, -0.05) is 18.5 Å². The Morgan fingerprint density at radius 1 is 1.40 bits per heavy atom. The van der Waals surface area contributed by atoms with Crippen molar-refractivity contribution in [2.45, 2.75) is 26.5 Å². The molecule has 0 saturated carbocycles. The largest absolute Gasteiger partial charge is 0.433 e. The summed E-state index contributed by atoms with van der Waals surface area (Å²) in [4.78, 5) is 11.7. The van der Waals surface area contributed by atoms with Gasteiger partial charge in [0, 0.05) is 11.7 Å². The maximum absolute atomic E-state index is 12.0. The van der Waals surface area contributed by atoms with Crippen molar-refractivity contribution >= 4 is 35.6 Å². The molecule has 2 unspecified atom stereocenters. The Labute approximate surface area is 127 Å². The topological polar surface area (TPSA) is 64.4 Å². The summed E-state index contributed by atoms with van der Waals surface area (Å²) in [6, 6.07) is 3.73. The van der Waals surface area contributed by atoms with Crippen LogP contribution in [-0.4, -0.2) is 18.6 Å². The number of nitrogens with one attached hydrogen (secondary N) is 1. The Bertz CT molecular complexity index is 459. The summed E-state index contributed by atoms with van der Waals surface area (Å²) in [5, 5.41) is 2.59. The Morgan fingerprint density at radius 3 is 2.45 bits per heavy atom. The second-order valence-electron chi connectivity index (χ2n) is 4.16. The van der Waals surface area contributed by atoms with Crippen LogP contribution in [0.1, 0.15) is 13.8 Å². The maximum atomic E-state index is 12.0. The zero-order chi connectivity index (χ0) is 14.6. The summed E-state index contributed by atoms with van der Waals surface area (Å²) in [5.74, 6) is -0.792. The molecule has 0 aliphatic heterocycles. The Kier molecular flexibility index (Phi) is 7.78. The molecule has 1 aromatic carbocycles. The molecule has 0 aliphatic rings. The van der Waals surface area contributed by atoms with Crippen LogP contribution in [0, 0.1) is 5.92 Å². The molecule has 2 atom stereocenters. The molecular weight excluding hydrogens is 313 g/mol. The van der Waals surface area contributed by atoms with E-state index in [1.807, 2.05) is 0 Å². The minimum Gasteiger partial charge on any atom is -0.433 e. The number of ether oxygens (including phenoxy) is 1. The summed E-state index contributed by atoms with van der Waals surface area (Å²) < 4.78 is 28.3. The molecule has 114 valence electrons. The van der Waals surface area contributed by atoms with Gasteiger partial charge >= 0.3 is 6.61 Å². The molecule has 0 spiro atoms. The van der Waals surface area contributed by atoms with Gasteiger partial charge in [0.15, 0.2) is 0 Å². The molecule has 4 nitrogen and oxygen atoms in total. The molecule has 0 bridgehead atoms. The number of rotatable bonds is 5. The first kappa shape index (κ1) is 18.9. The van der Waals surface area contributed by atoms with Crippen LogP contribution in [0.2, 0.25) is 5.02 Å².